The molecule has 3 N–H and O–H groups in total. The van der Waals surface area contributed by atoms with Gasteiger partial charge in [0, 0.05) is 13.0 Å². The normalized spacial score (nSPS) is 66.2. The van der Waals surface area contributed by atoms with Gasteiger partial charge >= 0.3 is 0 Å². The fourth-order valence-corrected chi connectivity index (χ4v) is 10.6. The molecule has 0 aromatic heterocycles. The van der Waals surface area contributed by atoms with Crippen molar-refractivity contribution in [2.45, 2.75) is 90.3 Å². The van der Waals surface area contributed by atoms with Gasteiger partial charge in [0.2, 0.25) is 0 Å². The van der Waals surface area contributed by atoms with Crippen molar-refractivity contribution >= 4 is 0 Å². The van der Waals surface area contributed by atoms with Crippen LogP contribution in [0.4, 0.5) is 0 Å². The Hall–Kier alpha value is -0.120. The fourth-order valence-electron chi connectivity index (χ4n) is 10.6. The number of aliphatic hydroxyl groups excluding tert-OH is 2. The van der Waals surface area contributed by atoms with E-state index < -0.39 is 5.60 Å². The number of rotatable bonds is 3. The second-order valence-electron chi connectivity index (χ2n) is 12.7. The lowest BCUT2D eigenvalue weighted by atomic mass is 9.41. The molecule has 6 rings (SSSR count). The van der Waals surface area contributed by atoms with Gasteiger partial charge in [-0.25, -0.2) is 0 Å². The molecule has 0 radical (unpaired) electrons. The first-order valence-corrected chi connectivity index (χ1v) is 12.2. The van der Waals surface area contributed by atoms with Crippen molar-refractivity contribution in [3.63, 3.8) is 0 Å². The van der Waals surface area contributed by atoms with E-state index in [9.17, 15) is 15.3 Å². The molecule has 6 aliphatic rings. The molecule has 12 atom stereocenters. The average molecular weight is 389 g/mol. The summed E-state index contributed by atoms with van der Waals surface area (Å²) in [7, 11) is 0. The molecule has 0 heterocycles. The molecule has 6 aliphatic carbocycles. The Bertz CT molecular complexity index is 693. The van der Waals surface area contributed by atoms with Gasteiger partial charge in [0.1, 0.15) is 0 Å². The molecule has 0 saturated heterocycles. The fraction of sp³-hybridized carbons (Fsp3) is 1.00. The van der Waals surface area contributed by atoms with Crippen LogP contribution in [0, 0.1) is 57.7 Å². The first kappa shape index (κ1) is 18.6. The molecule has 0 aromatic rings. The highest BCUT2D eigenvalue weighted by Crippen LogP contribution is 2.84. The third-order valence-electron chi connectivity index (χ3n) is 12.2. The Labute approximate surface area is 170 Å². The predicted octanol–water partition coefficient (Wildman–Crippen LogP) is 4.00. The van der Waals surface area contributed by atoms with Gasteiger partial charge in [-0.1, -0.05) is 20.8 Å². The van der Waals surface area contributed by atoms with Crippen LogP contribution in [0.3, 0.4) is 0 Å². The second-order valence-corrected chi connectivity index (χ2v) is 12.7. The van der Waals surface area contributed by atoms with Crippen LogP contribution in [0.1, 0.15) is 78.6 Å². The summed E-state index contributed by atoms with van der Waals surface area (Å²) in [5.74, 6) is 5.22. The number of hydrogen-bond donors (Lipinski definition) is 3. The maximum atomic E-state index is 11.9. The summed E-state index contributed by atoms with van der Waals surface area (Å²) in [5.41, 5.74) is 0.207. The van der Waals surface area contributed by atoms with E-state index in [0.717, 1.165) is 42.9 Å². The second kappa shape index (κ2) is 5.37. The minimum absolute atomic E-state index is 0.00434. The third kappa shape index (κ3) is 1.90. The lowest BCUT2D eigenvalue weighted by Crippen LogP contribution is -2.65. The minimum atomic E-state index is -0.619. The molecular weight excluding hydrogens is 348 g/mol. The lowest BCUT2D eigenvalue weighted by Gasteiger charge is -2.65. The van der Waals surface area contributed by atoms with Gasteiger partial charge < -0.3 is 15.3 Å². The van der Waals surface area contributed by atoms with Crippen LogP contribution in [-0.4, -0.2) is 33.6 Å². The van der Waals surface area contributed by atoms with Crippen molar-refractivity contribution in [1.82, 2.24) is 0 Å². The van der Waals surface area contributed by atoms with Gasteiger partial charge in [-0.05, 0) is 109 Å². The maximum absolute atomic E-state index is 11.9. The topological polar surface area (TPSA) is 60.7 Å². The smallest absolute Gasteiger partial charge is 0.0759 e. The number of aliphatic hydroxyl groups is 3. The van der Waals surface area contributed by atoms with Gasteiger partial charge in [-0.15, -0.1) is 0 Å². The highest BCUT2D eigenvalue weighted by molar-refractivity contribution is 5.28. The third-order valence-corrected chi connectivity index (χ3v) is 12.2. The summed E-state index contributed by atoms with van der Waals surface area (Å²) < 4.78 is 0. The Morgan fingerprint density at radius 3 is 2.36 bits per heavy atom. The van der Waals surface area contributed by atoms with Crippen LogP contribution < -0.4 is 0 Å². The summed E-state index contributed by atoms with van der Waals surface area (Å²) in [6.07, 6.45) is 9.55. The zero-order valence-electron chi connectivity index (χ0n) is 18.0. The lowest BCUT2D eigenvalue weighted by molar-refractivity contribution is -0.231. The van der Waals surface area contributed by atoms with Gasteiger partial charge in [0.15, 0.2) is 0 Å². The Balaban J connectivity index is 1.38. The number of hydrogen-bond acceptors (Lipinski definition) is 3. The molecule has 8 unspecified atom stereocenters. The van der Waals surface area contributed by atoms with E-state index in [-0.39, 0.29) is 11.5 Å². The van der Waals surface area contributed by atoms with Gasteiger partial charge in [0.25, 0.3) is 0 Å². The Kier molecular flexibility index (Phi) is 3.58. The molecule has 3 heteroatoms. The van der Waals surface area contributed by atoms with Gasteiger partial charge in [-0.2, -0.15) is 0 Å². The first-order chi connectivity index (χ1) is 13.2. The molecule has 0 bridgehead atoms. The van der Waals surface area contributed by atoms with E-state index in [0.29, 0.717) is 41.6 Å². The molecule has 158 valence electrons. The van der Waals surface area contributed by atoms with Gasteiger partial charge in [0.05, 0.1) is 11.7 Å². The predicted molar refractivity (Wildman–Crippen MR) is 108 cm³/mol. The quantitative estimate of drug-likeness (QED) is 0.685. The van der Waals surface area contributed by atoms with Crippen molar-refractivity contribution in [1.29, 1.82) is 0 Å². The molecule has 0 aromatic carbocycles. The highest BCUT2D eigenvalue weighted by atomic mass is 16.3. The summed E-state index contributed by atoms with van der Waals surface area (Å²) in [4.78, 5) is 0. The van der Waals surface area contributed by atoms with E-state index in [1.807, 2.05) is 0 Å². The number of fused-ring (bicyclic) bond motifs is 10. The van der Waals surface area contributed by atoms with Crippen LogP contribution in [0.2, 0.25) is 0 Å². The van der Waals surface area contributed by atoms with E-state index in [4.69, 9.17) is 0 Å². The van der Waals surface area contributed by atoms with Crippen LogP contribution in [0.15, 0.2) is 0 Å². The zero-order chi connectivity index (χ0) is 19.7. The molecule has 6 fully saturated rings. The maximum Gasteiger partial charge on any atom is 0.0759 e. The summed E-state index contributed by atoms with van der Waals surface area (Å²) >= 11 is 0. The van der Waals surface area contributed by atoms with Crippen LogP contribution in [-0.2, 0) is 0 Å². The summed E-state index contributed by atoms with van der Waals surface area (Å²) in [6.45, 7) is 7.91. The Morgan fingerprint density at radius 2 is 1.61 bits per heavy atom. The molecule has 28 heavy (non-hydrogen) atoms. The van der Waals surface area contributed by atoms with Crippen molar-refractivity contribution in [3.05, 3.63) is 0 Å². The highest BCUT2D eigenvalue weighted by Gasteiger charge is 2.80. The van der Waals surface area contributed by atoms with E-state index in [1.165, 1.54) is 32.1 Å². The van der Waals surface area contributed by atoms with E-state index >= 15 is 0 Å². The van der Waals surface area contributed by atoms with Crippen molar-refractivity contribution < 1.29 is 15.3 Å². The zero-order valence-corrected chi connectivity index (χ0v) is 18.0. The summed E-state index contributed by atoms with van der Waals surface area (Å²) in [6, 6.07) is 0. The van der Waals surface area contributed by atoms with E-state index in [1.54, 1.807) is 0 Å². The first-order valence-electron chi connectivity index (χ1n) is 12.2. The minimum Gasteiger partial charge on any atom is -0.396 e. The Morgan fingerprint density at radius 1 is 0.893 bits per heavy atom. The van der Waals surface area contributed by atoms with Gasteiger partial charge in [-0.3, -0.25) is 0 Å². The van der Waals surface area contributed by atoms with Crippen molar-refractivity contribution in [2.75, 3.05) is 6.61 Å². The van der Waals surface area contributed by atoms with Crippen molar-refractivity contribution in [2.24, 2.45) is 57.7 Å². The van der Waals surface area contributed by atoms with Crippen LogP contribution in [0.25, 0.3) is 0 Å². The molecule has 0 aliphatic heterocycles. The largest absolute Gasteiger partial charge is 0.396 e. The SMILES string of the molecule is CC12CC[C@H](O)CC1(O)C1C[C@@H]1C1C2CCC2(C)C1C1C[C@@H]1[C@@]2(C)CCCO. The van der Waals surface area contributed by atoms with Crippen LogP contribution in [0.5, 0.6) is 0 Å². The molecular formula is C25H40O3. The molecule has 6 saturated carbocycles. The standard InChI is InChI=1S/C25H40O3/c1-22(7-4-10-26)18-12-16(18)21-20-15-11-19(15)25(28)13-14(27)5-8-23(25,2)17(20)6-9-24(21,22)3/h14-21,26-28H,4-13H2,1-3H3/t14-,15-,16?,17?,18-,19?,20?,21?,22+,23?,24?,25?/m0/s1. The molecule has 0 amide bonds. The summed E-state index contributed by atoms with van der Waals surface area (Å²) in [5, 5.41) is 31.8. The molecule has 3 nitrogen and oxygen atoms in total. The van der Waals surface area contributed by atoms with Crippen LogP contribution >= 0.6 is 0 Å². The average Bonchev–Trinajstić information content (AvgIpc) is 3.54. The van der Waals surface area contributed by atoms with E-state index in [2.05, 4.69) is 20.8 Å². The molecule has 0 spiro atoms. The monoisotopic (exact) mass is 388 g/mol. The van der Waals surface area contributed by atoms with Crippen molar-refractivity contribution in [3.8, 4) is 0 Å².